The van der Waals surface area contributed by atoms with Gasteiger partial charge in [-0.15, -0.1) is 11.3 Å². The molecule has 0 radical (unpaired) electrons. The number of thiazole rings is 1. The third-order valence-electron chi connectivity index (χ3n) is 5.80. The molecular formula is C21H26N4O3S. The topological polar surface area (TPSA) is 73.8 Å². The van der Waals surface area contributed by atoms with Gasteiger partial charge in [0.25, 0.3) is 0 Å². The van der Waals surface area contributed by atoms with Gasteiger partial charge in [-0.2, -0.15) is 0 Å². The molecule has 2 aliphatic rings. The Kier molecular flexibility index (Phi) is 5.80. The second-order valence-corrected chi connectivity index (χ2v) is 8.71. The van der Waals surface area contributed by atoms with Gasteiger partial charge in [-0.3, -0.25) is 14.4 Å². The van der Waals surface area contributed by atoms with Crippen molar-refractivity contribution in [1.29, 1.82) is 0 Å². The molecule has 0 saturated carbocycles. The van der Waals surface area contributed by atoms with E-state index in [1.54, 1.807) is 28.1 Å². The van der Waals surface area contributed by atoms with Crippen molar-refractivity contribution in [3.05, 3.63) is 29.3 Å². The normalized spacial score (nSPS) is 19.8. The van der Waals surface area contributed by atoms with Crippen molar-refractivity contribution >= 4 is 39.3 Å². The number of hydrogen-bond acceptors (Lipinski definition) is 5. The van der Waals surface area contributed by atoms with Crippen LogP contribution in [-0.4, -0.2) is 70.1 Å². The van der Waals surface area contributed by atoms with Crippen LogP contribution in [0.25, 0.3) is 10.2 Å². The van der Waals surface area contributed by atoms with Crippen molar-refractivity contribution in [2.24, 2.45) is 0 Å². The molecule has 8 heteroatoms. The molecule has 2 aliphatic heterocycles. The summed E-state index contributed by atoms with van der Waals surface area (Å²) in [6.45, 7) is 4.51. The van der Waals surface area contributed by atoms with Crippen LogP contribution in [0.2, 0.25) is 0 Å². The Morgan fingerprint density at radius 2 is 1.69 bits per heavy atom. The number of fused-ring (bicyclic) bond motifs is 1. The standard InChI is InChI=1S/C21H26N4O3S/c1-15(26)23-11-13-24(14-12-23)19(27)8-9-20(28)25-10-4-6-17(25)21-22-16-5-2-3-7-18(16)29-21/h2-3,5,7,17H,4,6,8-14H2,1H3/t17-/m1/s1. The van der Waals surface area contributed by atoms with Crippen molar-refractivity contribution in [3.8, 4) is 0 Å². The van der Waals surface area contributed by atoms with Gasteiger partial charge < -0.3 is 14.7 Å². The van der Waals surface area contributed by atoms with E-state index in [1.165, 1.54) is 0 Å². The van der Waals surface area contributed by atoms with Crippen LogP contribution in [0.5, 0.6) is 0 Å². The van der Waals surface area contributed by atoms with Crippen LogP contribution >= 0.6 is 11.3 Å². The fourth-order valence-corrected chi connectivity index (χ4v) is 5.26. The first kappa shape index (κ1) is 19.8. The molecule has 0 aliphatic carbocycles. The van der Waals surface area contributed by atoms with Crippen LogP contribution in [0.3, 0.4) is 0 Å². The minimum atomic E-state index is -0.00251. The lowest BCUT2D eigenvalue weighted by molar-refractivity contribution is -0.140. The average molecular weight is 415 g/mol. The third-order valence-corrected chi connectivity index (χ3v) is 6.94. The predicted octanol–water partition coefficient (Wildman–Crippen LogP) is 2.43. The van der Waals surface area contributed by atoms with Gasteiger partial charge >= 0.3 is 0 Å². The Bertz CT molecular complexity index is 887. The summed E-state index contributed by atoms with van der Waals surface area (Å²) in [6.07, 6.45) is 2.34. The largest absolute Gasteiger partial charge is 0.339 e. The van der Waals surface area contributed by atoms with Crippen LogP contribution < -0.4 is 0 Å². The van der Waals surface area contributed by atoms with E-state index in [-0.39, 0.29) is 36.6 Å². The number of piperazine rings is 1. The molecule has 3 heterocycles. The van der Waals surface area contributed by atoms with E-state index in [0.717, 1.165) is 34.6 Å². The summed E-state index contributed by atoms with van der Waals surface area (Å²) in [5.41, 5.74) is 0.978. The quantitative estimate of drug-likeness (QED) is 0.770. The molecule has 0 spiro atoms. The molecule has 1 aromatic heterocycles. The SMILES string of the molecule is CC(=O)N1CCN(C(=O)CCC(=O)N2CCC[C@@H]2c2nc3ccccc3s2)CC1. The second kappa shape index (κ2) is 8.49. The maximum atomic E-state index is 12.9. The van der Waals surface area contributed by atoms with Gasteiger partial charge in [0.05, 0.1) is 16.3 Å². The van der Waals surface area contributed by atoms with Gasteiger partial charge in [-0.05, 0) is 25.0 Å². The number of benzene rings is 1. The number of carbonyl (C=O) groups excluding carboxylic acids is 3. The van der Waals surface area contributed by atoms with Gasteiger partial charge in [-0.1, -0.05) is 12.1 Å². The molecule has 1 aromatic carbocycles. The van der Waals surface area contributed by atoms with Gasteiger partial charge in [0.2, 0.25) is 17.7 Å². The number of amides is 3. The summed E-state index contributed by atoms with van der Waals surface area (Å²) in [5.74, 6) is 0.0713. The Labute approximate surface area is 174 Å². The van der Waals surface area contributed by atoms with Crippen LogP contribution in [-0.2, 0) is 14.4 Å². The van der Waals surface area contributed by atoms with E-state index in [9.17, 15) is 14.4 Å². The van der Waals surface area contributed by atoms with Gasteiger partial charge in [-0.25, -0.2) is 4.98 Å². The minimum absolute atomic E-state index is 0.00251. The number of likely N-dealkylation sites (tertiary alicyclic amines) is 1. The molecule has 0 N–H and O–H groups in total. The maximum Gasteiger partial charge on any atom is 0.223 e. The molecule has 4 rings (SSSR count). The summed E-state index contributed by atoms with van der Waals surface area (Å²) in [4.78, 5) is 46.9. The molecule has 2 aromatic rings. The van der Waals surface area contributed by atoms with Crippen LogP contribution in [0, 0.1) is 0 Å². The Morgan fingerprint density at radius 1 is 1.00 bits per heavy atom. The Morgan fingerprint density at radius 3 is 2.41 bits per heavy atom. The number of para-hydroxylation sites is 1. The van der Waals surface area contributed by atoms with E-state index >= 15 is 0 Å². The highest BCUT2D eigenvalue weighted by Crippen LogP contribution is 2.36. The number of rotatable bonds is 4. The number of aromatic nitrogens is 1. The smallest absolute Gasteiger partial charge is 0.223 e. The fraction of sp³-hybridized carbons (Fsp3) is 0.524. The first-order valence-electron chi connectivity index (χ1n) is 10.2. The second-order valence-electron chi connectivity index (χ2n) is 7.65. The average Bonchev–Trinajstić information content (AvgIpc) is 3.38. The van der Waals surface area contributed by atoms with E-state index < -0.39 is 0 Å². The van der Waals surface area contributed by atoms with Crippen LogP contribution in [0.4, 0.5) is 0 Å². The lowest BCUT2D eigenvalue weighted by atomic mass is 10.2. The van der Waals surface area contributed by atoms with E-state index in [1.807, 2.05) is 23.1 Å². The van der Waals surface area contributed by atoms with E-state index in [4.69, 9.17) is 4.98 Å². The Balaban J connectivity index is 1.33. The fourth-order valence-electron chi connectivity index (χ4n) is 4.14. The van der Waals surface area contributed by atoms with E-state index in [2.05, 4.69) is 6.07 Å². The van der Waals surface area contributed by atoms with Gasteiger partial charge in [0, 0.05) is 52.5 Å². The van der Waals surface area contributed by atoms with Gasteiger partial charge in [0.15, 0.2) is 0 Å². The molecule has 154 valence electrons. The molecule has 29 heavy (non-hydrogen) atoms. The lowest BCUT2D eigenvalue weighted by Gasteiger charge is -2.34. The molecule has 0 bridgehead atoms. The molecule has 3 amide bonds. The monoisotopic (exact) mass is 414 g/mol. The highest BCUT2D eigenvalue weighted by atomic mass is 32.1. The summed E-state index contributed by atoms with van der Waals surface area (Å²) < 4.78 is 1.14. The Hall–Kier alpha value is -2.48. The zero-order chi connectivity index (χ0) is 20.4. The highest BCUT2D eigenvalue weighted by Gasteiger charge is 2.32. The van der Waals surface area contributed by atoms with Crippen molar-refractivity contribution in [3.63, 3.8) is 0 Å². The third kappa shape index (κ3) is 4.27. The van der Waals surface area contributed by atoms with Crippen molar-refractivity contribution in [2.75, 3.05) is 32.7 Å². The van der Waals surface area contributed by atoms with Crippen molar-refractivity contribution in [1.82, 2.24) is 19.7 Å². The summed E-state index contributed by atoms with van der Waals surface area (Å²) in [5, 5.41) is 0.990. The molecule has 7 nitrogen and oxygen atoms in total. The molecule has 1 atom stereocenters. The zero-order valence-corrected chi connectivity index (χ0v) is 17.5. The molecule has 2 fully saturated rings. The van der Waals surface area contributed by atoms with Crippen LogP contribution in [0.15, 0.2) is 24.3 Å². The van der Waals surface area contributed by atoms with Crippen molar-refractivity contribution < 1.29 is 14.4 Å². The molecular weight excluding hydrogens is 388 g/mol. The summed E-state index contributed by atoms with van der Waals surface area (Å²) in [6, 6.07) is 8.06. The highest BCUT2D eigenvalue weighted by molar-refractivity contribution is 7.18. The molecule has 2 saturated heterocycles. The number of carbonyl (C=O) groups is 3. The predicted molar refractivity (Wildman–Crippen MR) is 111 cm³/mol. The summed E-state index contributed by atoms with van der Waals surface area (Å²) >= 11 is 1.65. The summed E-state index contributed by atoms with van der Waals surface area (Å²) in [7, 11) is 0. The first-order valence-corrected chi connectivity index (χ1v) is 11.0. The lowest BCUT2D eigenvalue weighted by Crippen LogP contribution is -2.50. The van der Waals surface area contributed by atoms with Crippen LogP contribution in [0.1, 0.15) is 43.7 Å². The minimum Gasteiger partial charge on any atom is -0.339 e. The number of nitrogens with zero attached hydrogens (tertiary/aromatic N) is 4. The van der Waals surface area contributed by atoms with Gasteiger partial charge in [0.1, 0.15) is 5.01 Å². The van der Waals surface area contributed by atoms with E-state index in [0.29, 0.717) is 26.2 Å². The zero-order valence-electron chi connectivity index (χ0n) is 16.7. The maximum absolute atomic E-state index is 12.9. The van der Waals surface area contributed by atoms with Crippen molar-refractivity contribution in [2.45, 2.75) is 38.6 Å². The first-order chi connectivity index (χ1) is 14.0. The number of hydrogen-bond donors (Lipinski definition) is 0. The molecule has 0 unspecified atom stereocenters.